The molecule has 1 aromatic rings. The van der Waals surface area contributed by atoms with Gasteiger partial charge in [0.1, 0.15) is 0 Å². The van der Waals surface area contributed by atoms with Crippen LogP contribution in [0.4, 0.5) is 5.82 Å². The molecule has 2 aliphatic heterocycles. The van der Waals surface area contributed by atoms with Crippen LogP contribution in [0.5, 0.6) is 0 Å². The lowest BCUT2D eigenvalue weighted by molar-refractivity contribution is -0.135. The van der Waals surface area contributed by atoms with Crippen molar-refractivity contribution < 1.29 is 9.53 Å². The number of amides is 1. The van der Waals surface area contributed by atoms with Gasteiger partial charge in [-0.1, -0.05) is 0 Å². The quantitative estimate of drug-likeness (QED) is 0.776. The lowest BCUT2D eigenvalue weighted by Crippen LogP contribution is -2.51. The van der Waals surface area contributed by atoms with Crippen molar-refractivity contribution in [2.75, 3.05) is 44.3 Å². The fourth-order valence-corrected chi connectivity index (χ4v) is 3.54. The normalized spacial score (nSPS) is 22.7. The summed E-state index contributed by atoms with van der Waals surface area (Å²) in [5.41, 5.74) is -0.154. The van der Waals surface area contributed by atoms with Gasteiger partial charge >= 0.3 is 0 Å². The van der Waals surface area contributed by atoms with Crippen molar-refractivity contribution in [3.05, 3.63) is 22.7 Å². The zero-order valence-electron chi connectivity index (χ0n) is 14.7. The van der Waals surface area contributed by atoms with Gasteiger partial charge in [0.2, 0.25) is 5.91 Å². The Kier molecular flexibility index (Phi) is 6.04. The van der Waals surface area contributed by atoms with Crippen molar-refractivity contribution in [3.63, 3.8) is 0 Å². The lowest BCUT2D eigenvalue weighted by Gasteiger charge is -2.35. The fraction of sp³-hybridized carbons (Fsp3) is 0.706. The molecule has 0 bridgehead atoms. The SMILES string of the molecule is C[C@H](CC(=O)N1CCOCC1)N[C@H]1CCCN(c2ncc[nH]c2=O)C1. The second-order valence-corrected chi connectivity index (χ2v) is 6.79. The molecule has 8 heteroatoms. The van der Waals surface area contributed by atoms with Gasteiger partial charge in [-0.25, -0.2) is 4.98 Å². The van der Waals surface area contributed by atoms with Gasteiger partial charge in [-0.05, 0) is 19.8 Å². The van der Waals surface area contributed by atoms with Crippen LogP contribution in [0, 0.1) is 0 Å². The Labute approximate surface area is 147 Å². The van der Waals surface area contributed by atoms with Crippen LogP contribution in [0.25, 0.3) is 0 Å². The van der Waals surface area contributed by atoms with Crippen LogP contribution < -0.4 is 15.8 Å². The zero-order chi connectivity index (χ0) is 17.6. The average Bonchev–Trinajstić information content (AvgIpc) is 2.63. The first-order chi connectivity index (χ1) is 12.1. The second kappa shape index (κ2) is 8.44. The summed E-state index contributed by atoms with van der Waals surface area (Å²) in [6, 6.07) is 0.352. The first-order valence-electron chi connectivity index (χ1n) is 9.03. The summed E-state index contributed by atoms with van der Waals surface area (Å²) in [7, 11) is 0. The number of carbonyl (C=O) groups is 1. The Bertz CT molecular complexity index is 629. The minimum Gasteiger partial charge on any atom is -0.378 e. The van der Waals surface area contributed by atoms with E-state index in [9.17, 15) is 9.59 Å². The molecule has 0 aromatic carbocycles. The second-order valence-electron chi connectivity index (χ2n) is 6.79. The number of hydrogen-bond acceptors (Lipinski definition) is 6. The highest BCUT2D eigenvalue weighted by Crippen LogP contribution is 2.15. The number of nitrogens with one attached hydrogen (secondary N) is 2. The van der Waals surface area contributed by atoms with Crippen molar-refractivity contribution in [1.82, 2.24) is 20.2 Å². The number of H-pyrrole nitrogens is 1. The number of morpholine rings is 1. The fourth-order valence-electron chi connectivity index (χ4n) is 3.54. The summed E-state index contributed by atoms with van der Waals surface area (Å²) in [6.07, 6.45) is 5.68. The zero-order valence-corrected chi connectivity index (χ0v) is 14.7. The van der Waals surface area contributed by atoms with E-state index in [1.165, 1.54) is 0 Å². The molecule has 0 radical (unpaired) electrons. The van der Waals surface area contributed by atoms with Gasteiger partial charge in [-0.15, -0.1) is 0 Å². The third kappa shape index (κ3) is 4.79. The van der Waals surface area contributed by atoms with Crippen LogP contribution in [-0.2, 0) is 9.53 Å². The van der Waals surface area contributed by atoms with Crippen molar-refractivity contribution in [2.24, 2.45) is 0 Å². The molecule has 0 saturated carbocycles. The molecule has 3 heterocycles. The Hall–Kier alpha value is -1.93. The first kappa shape index (κ1) is 17.9. The number of rotatable bonds is 5. The van der Waals surface area contributed by atoms with E-state index in [1.54, 1.807) is 12.4 Å². The molecule has 2 fully saturated rings. The van der Waals surface area contributed by atoms with E-state index >= 15 is 0 Å². The topological polar surface area (TPSA) is 90.6 Å². The Morgan fingerprint density at radius 1 is 1.44 bits per heavy atom. The van der Waals surface area contributed by atoms with Crippen LogP contribution in [0.3, 0.4) is 0 Å². The van der Waals surface area contributed by atoms with Crippen LogP contribution in [-0.4, -0.2) is 72.3 Å². The van der Waals surface area contributed by atoms with Crippen molar-refractivity contribution in [3.8, 4) is 0 Å². The lowest BCUT2D eigenvalue weighted by atomic mass is 10.0. The number of aromatic nitrogens is 2. The van der Waals surface area contributed by atoms with Crippen LogP contribution >= 0.6 is 0 Å². The number of hydrogen-bond donors (Lipinski definition) is 2. The standard InChI is InChI=1S/C17H27N5O3/c1-13(11-15(23)21-7-9-25-10-8-21)20-14-3-2-6-22(12-14)16-17(24)19-5-4-18-16/h4-5,13-14,20H,2-3,6-12H2,1H3,(H,19,24)/t13-,14+/m1/s1. The van der Waals surface area contributed by atoms with Gasteiger partial charge in [-0.3, -0.25) is 9.59 Å². The average molecular weight is 349 g/mol. The van der Waals surface area contributed by atoms with Crippen LogP contribution in [0.2, 0.25) is 0 Å². The molecular formula is C17H27N5O3. The van der Waals surface area contributed by atoms with Crippen LogP contribution in [0.1, 0.15) is 26.2 Å². The first-order valence-corrected chi connectivity index (χ1v) is 9.03. The summed E-state index contributed by atoms with van der Waals surface area (Å²) in [5, 5.41) is 3.55. The third-order valence-electron chi connectivity index (χ3n) is 4.77. The van der Waals surface area contributed by atoms with Crippen molar-refractivity contribution >= 4 is 11.7 Å². The van der Waals surface area contributed by atoms with E-state index in [-0.39, 0.29) is 23.6 Å². The minimum absolute atomic E-state index is 0.0994. The molecule has 0 unspecified atom stereocenters. The predicted molar refractivity (Wildman–Crippen MR) is 94.7 cm³/mol. The number of ether oxygens (including phenoxy) is 1. The smallest absolute Gasteiger partial charge is 0.290 e. The maximum absolute atomic E-state index is 12.3. The molecule has 2 aliphatic rings. The van der Waals surface area contributed by atoms with Crippen molar-refractivity contribution in [2.45, 2.75) is 38.3 Å². The Morgan fingerprint density at radius 3 is 3.00 bits per heavy atom. The molecule has 8 nitrogen and oxygen atoms in total. The molecule has 3 rings (SSSR count). The van der Waals surface area contributed by atoms with E-state index in [2.05, 4.69) is 15.3 Å². The molecule has 1 amide bonds. The molecule has 2 saturated heterocycles. The minimum atomic E-state index is -0.154. The number of piperidine rings is 1. The number of aromatic amines is 1. The van der Waals surface area contributed by atoms with Crippen LogP contribution in [0.15, 0.2) is 17.2 Å². The highest BCUT2D eigenvalue weighted by atomic mass is 16.5. The van der Waals surface area contributed by atoms with E-state index < -0.39 is 0 Å². The summed E-state index contributed by atoms with van der Waals surface area (Å²) in [6.45, 7) is 6.24. The summed E-state index contributed by atoms with van der Waals surface area (Å²) in [5.74, 6) is 0.656. The van der Waals surface area contributed by atoms with Gasteiger partial charge in [0.25, 0.3) is 5.56 Å². The molecule has 25 heavy (non-hydrogen) atoms. The maximum Gasteiger partial charge on any atom is 0.290 e. The molecule has 0 spiro atoms. The molecule has 1 aromatic heterocycles. The van der Waals surface area contributed by atoms with E-state index in [0.29, 0.717) is 38.5 Å². The van der Waals surface area contributed by atoms with E-state index in [4.69, 9.17) is 4.74 Å². The molecule has 2 N–H and O–H groups in total. The van der Waals surface area contributed by atoms with E-state index in [0.717, 1.165) is 25.9 Å². The van der Waals surface area contributed by atoms with Crippen molar-refractivity contribution in [1.29, 1.82) is 0 Å². The molecular weight excluding hydrogens is 322 g/mol. The molecule has 2 atom stereocenters. The summed E-state index contributed by atoms with van der Waals surface area (Å²) >= 11 is 0. The van der Waals surface area contributed by atoms with E-state index in [1.807, 2.05) is 16.7 Å². The van der Waals surface area contributed by atoms with Gasteiger partial charge in [0.15, 0.2) is 5.82 Å². The number of carbonyl (C=O) groups excluding carboxylic acids is 1. The third-order valence-corrected chi connectivity index (χ3v) is 4.77. The highest BCUT2D eigenvalue weighted by molar-refractivity contribution is 5.76. The molecule has 138 valence electrons. The predicted octanol–water partition coefficient (Wildman–Crippen LogP) is -0.0343. The number of nitrogens with zero attached hydrogens (tertiary/aromatic N) is 3. The van der Waals surface area contributed by atoms with Gasteiger partial charge in [-0.2, -0.15) is 0 Å². The maximum atomic E-state index is 12.3. The number of anilines is 1. The summed E-state index contributed by atoms with van der Waals surface area (Å²) in [4.78, 5) is 35.1. The monoisotopic (exact) mass is 349 g/mol. The highest BCUT2D eigenvalue weighted by Gasteiger charge is 2.25. The largest absolute Gasteiger partial charge is 0.378 e. The van der Waals surface area contributed by atoms with Gasteiger partial charge < -0.3 is 24.8 Å². The summed E-state index contributed by atoms with van der Waals surface area (Å²) < 4.78 is 5.29. The Morgan fingerprint density at radius 2 is 2.24 bits per heavy atom. The van der Waals surface area contributed by atoms with Gasteiger partial charge in [0.05, 0.1) is 13.2 Å². The Balaban J connectivity index is 1.51. The molecule has 0 aliphatic carbocycles. The van der Waals surface area contributed by atoms with Gasteiger partial charge in [0, 0.05) is 57.1 Å².